The Balaban J connectivity index is 1.15. The first-order valence-electron chi connectivity index (χ1n) is 18.3. The molecule has 256 valence electrons. The van der Waals surface area contributed by atoms with Gasteiger partial charge in [0.05, 0.1) is 23.0 Å². The normalized spacial score (nSPS) is 12.2. The maximum absolute atomic E-state index is 10.00. The Morgan fingerprint density at radius 1 is 0.473 bits per heavy atom. The van der Waals surface area contributed by atoms with Crippen molar-refractivity contribution >= 4 is 62.1 Å². The number of hydrogen-bond donors (Lipinski definition) is 0. The van der Waals surface area contributed by atoms with Crippen LogP contribution in [0, 0.1) is 11.3 Å². The van der Waals surface area contributed by atoms with Gasteiger partial charge < -0.3 is 18.8 Å². The topological polar surface area (TPSA) is 58.6 Å². The van der Waals surface area contributed by atoms with E-state index in [4.69, 9.17) is 13.9 Å². The fourth-order valence-electron chi connectivity index (χ4n) is 8.28. The fourth-order valence-corrected chi connectivity index (χ4v) is 8.28. The molecule has 0 unspecified atom stereocenters. The number of ether oxygens (including phenoxy) is 2. The smallest absolute Gasteiger partial charge is 0.260 e. The Bertz CT molecular complexity index is 2910. The van der Waals surface area contributed by atoms with Gasteiger partial charge in [0.25, 0.3) is 6.71 Å². The Morgan fingerprint density at radius 2 is 1.07 bits per heavy atom. The van der Waals surface area contributed by atoms with Crippen molar-refractivity contribution < 1.29 is 13.9 Å². The SMILES string of the molecule is N#Cc1cccc(N(c2cc3c4c(c2)Oc2cc(-c5ccccc5)ccc2B4c2ccc(-c4ccccc4)cc2O3)c2cccc3c2oc2ccccc23)c1. The molecule has 55 heavy (non-hydrogen) atoms. The van der Waals surface area contributed by atoms with Gasteiger partial charge in [-0.25, -0.2) is 0 Å². The lowest BCUT2D eigenvalue weighted by molar-refractivity contribution is 0.465. The van der Waals surface area contributed by atoms with Crippen molar-refractivity contribution in [3.63, 3.8) is 0 Å². The average molecular weight is 705 g/mol. The lowest BCUT2D eigenvalue weighted by atomic mass is 9.34. The summed E-state index contributed by atoms with van der Waals surface area (Å²) >= 11 is 0. The van der Waals surface area contributed by atoms with Crippen LogP contribution in [0.2, 0.25) is 0 Å². The predicted molar refractivity (Wildman–Crippen MR) is 222 cm³/mol. The van der Waals surface area contributed by atoms with Gasteiger partial charge >= 0.3 is 0 Å². The van der Waals surface area contributed by atoms with Crippen LogP contribution < -0.4 is 30.8 Å². The molecule has 0 fully saturated rings. The Hall–Kier alpha value is -7.49. The van der Waals surface area contributed by atoms with E-state index in [0.717, 1.165) is 89.1 Å². The molecule has 1 aromatic heterocycles. The minimum Gasteiger partial charge on any atom is -0.458 e. The van der Waals surface area contributed by atoms with Crippen LogP contribution in [0.4, 0.5) is 17.1 Å². The number of nitriles is 1. The van der Waals surface area contributed by atoms with Crippen molar-refractivity contribution in [3.8, 4) is 51.3 Å². The van der Waals surface area contributed by atoms with Gasteiger partial charge in [-0.1, -0.05) is 121 Å². The van der Waals surface area contributed by atoms with E-state index in [1.807, 2.05) is 54.6 Å². The van der Waals surface area contributed by atoms with E-state index in [-0.39, 0.29) is 6.71 Å². The predicted octanol–water partition coefficient (Wildman–Crippen LogP) is 11.0. The largest absolute Gasteiger partial charge is 0.458 e. The van der Waals surface area contributed by atoms with E-state index < -0.39 is 0 Å². The molecule has 11 rings (SSSR count). The second-order valence-electron chi connectivity index (χ2n) is 14.0. The minimum absolute atomic E-state index is 0.115. The molecule has 3 heterocycles. The second kappa shape index (κ2) is 12.3. The minimum atomic E-state index is -0.115. The summed E-state index contributed by atoms with van der Waals surface area (Å²) in [5.41, 5.74) is 12.1. The summed E-state index contributed by atoms with van der Waals surface area (Å²) in [4.78, 5) is 2.13. The van der Waals surface area contributed by atoms with E-state index in [1.54, 1.807) is 0 Å². The molecule has 0 spiro atoms. The number of para-hydroxylation sites is 2. The van der Waals surface area contributed by atoms with Crippen molar-refractivity contribution in [1.29, 1.82) is 5.26 Å². The number of fused-ring (bicyclic) bond motifs is 7. The van der Waals surface area contributed by atoms with Crippen LogP contribution in [0.1, 0.15) is 5.56 Å². The van der Waals surface area contributed by atoms with Crippen molar-refractivity contribution in [2.24, 2.45) is 0 Å². The molecule has 2 aliphatic rings. The van der Waals surface area contributed by atoms with Crippen LogP contribution in [0.25, 0.3) is 44.2 Å². The first-order chi connectivity index (χ1) is 27.2. The van der Waals surface area contributed by atoms with E-state index in [2.05, 4.69) is 132 Å². The zero-order chi connectivity index (χ0) is 36.5. The van der Waals surface area contributed by atoms with Crippen LogP contribution in [-0.2, 0) is 0 Å². The van der Waals surface area contributed by atoms with Crippen molar-refractivity contribution in [3.05, 3.63) is 181 Å². The second-order valence-corrected chi connectivity index (χ2v) is 14.0. The molecule has 2 aliphatic heterocycles. The lowest BCUT2D eigenvalue weighted by Gasteiger charge is -2.35. The quantitative estimate of drug-likeness (QED) is 0.167. The Morgan fingerprint density at radius 3 is 1.73 bits per heavy atom. The van der Waals surface area contributed by atoms with Gasteiger partial charge in [-0.2, -0.15) is 5.26 Å². The fraction of sp³-hybridized carbons (Fsp3) is 0. The van der Waals surface area contributed by atoms with Crippen LogP contribution >= 0.6 is 0 Å². The highest BCUT2D eigenvalue weighted by atomic mass is 16.5. The van der Waals surface area contributed by atoms with Gasteiger partial charge in [-0.15, -0.1) is 0 Å². The lowest BCUT2D eigenvalue weighted by Crippen LogP contribution is -2.57. The zero-order valence-corrected chi connectivity index (χ0v) is 29.4. The van der Waals surface area contributed by atoms with E-state index in [9.17, 15) is 5.26 Å². The van der Waals surface area contributed by atoms with Gasteiger partial charge in [0.15, 0.2) is 5.58 Å². The van der Waals surface area contributed by atoms with E-state index in [1.165, 1.54) is 0 Å². The third kappa shape index (κ3) is 5.02. The number of nitrogens with zero attached hydrogens (tertiary/aromatic N) is 2. The number of hydrogen-bond acceptors (Lipinski definition) is 5. The Kier molecular flexibility index (Phi) is 6.95. The molecule has 0 saturated heterocycles. The van der Waals surface area contributed by atoms with Crippen LogP contribution in [0.15, 0.2) is 180 Å². The molecule has 9 aromatic rings. The highest BCUT2D eigenvalue weighted by Crippen LogP contribution is 2.46. The molecule has 0 atom stereocenters. The van der Waals surface area contributed by atoms with Gasteiger partial charge in [-0.05, 0) is 75.6 Å². The third-order valence-corrected chi connectivity index (χ3v) is 10.8. The van der Waals surface area contributed by atoms with E-state index >= 15 is 0 Å². The van der Waals surface area contributed by atoms with Gasteiger partial charge in [0, 0.05) is 34.1 Å². The summed E-state index contributed by atoms with van der Waals surface area (Å²) in [5.74, 6) is 3.04. The van der Waals surface area contributed by atoms with Crippen LogP contribution in [-0.4, -0.2) is 6.71 Å². The average Bonchev–Trinajstić information content (AvgIpc) is 3.63. The molecule has 0 aliphatic carbocycles. The molecular weight excluding hydrogens is 675 g/mol. The molecule has 0 saturated carbocycles. The third-order valence-electron chi connectivity index (χ3n) is 10.8. The first kappa shape index (κ1) is 31.1. The maximum Gasteiger partial charge on any atom is 0.260 e. The van der Waals surface area contributed by atoms with E-state index in [0.29, 0.717) is 17.1 Å². The van der Waals surface area contributed by atoms with Crippen molar-refractivity contribution in [2.75, 3.05) is 4.90 Å². The number of rotatable bonds is 5. The number of anilines is 3. The number of furan rings is 1. The molecule has 8 aromatic carbocycles. The number of benzene rings is 8. The summed E-state index contributed by atoms with van der Waals surface area (Å²) < 4.78 is 20.5. The van der Waals surface area contributed by atoms with Crippen molar-refractivity contribution in [2.45, 2.75) is 0 Å². The molecule has 0 N–H and O–H groups in total. The summed E-state index contributed by atoms with van der Waals surface area (Å²) in [7, 11) is 0. The van der Waals surface area contributed by atoms with Crippen LogP contribution in [0.3, 0.4) is 0 Å². The molecule has 0 bridgehead atoms. The van der Waals surface area contributed by atoms with Gasteiger partial charge in [0.2, 0.25) is 0 Å². The standard InChI is InChI=1S/C49H29BN2O3/c51-30-31-11-9-16-36(25-31)52(42-19-10-18-39-38-17-7-8-20-43(38)55-49(39)42)37-28-46-48-47(29-37)54-45-27-35(33-14-5-2-6-15-33)22-24-41(45)50(48)40-23-21-34(26-44(40)53-46)32-12-3-1-4-13-32/h1-29H. The monoisotopic (exact) mass is 704 g/mol. The first-order valence-corrected chi connectivity index (χ1v) is 18.3. The van der Waals surface area contributed by atoms with Gasteiger partial charge in [0.1, 0.15) is 28.6 Å². The summed E-state index contributed by atoms with van der Waals surface area (Å²) in [6, 6.07) is 62.3. The summed E-state index contributed by atoms with van der Waals surface area (Å²) in [6.45, 7) is -0.115. The summed E-state index contributed by atoms with van der Waals surface area (Å²) in [6.07, 6.45) is 0. The maximum atomic E-state index is 10.00. The zero-order valence-electron chi connectivity index (χ0n) is 29.4. The highest BCUT2D eigenvalue weighted by Gasteiger charge is 2.41. The highest BCUT2D eigenvalue weighted by molar-refractivity contribution is 6.98. The molecule has 5 nitrogen and oxygen atoms in total. The molecule has 6 heteroatoms. The summed E-state index contributed by atoms with van der Waals surface area (Å²) in [5, 5.41) is 12.0. The van der Waals surface area contributed by atoms with Crippen LogP contribution in [0.5, 0.6) is 23.0 Å². The molecule has 0 radical (unpaired) electrons. The Labute approximate surface area is 317 Å². The molecule has 0 amide bonds. The molecular formula is C49H29BN2O3. The van der Waals surface area contributed by atoms with Gasteiger partial charge in [-0.3, -0.25) is 0 Å². The van der Waals surface area contributed by atoms with Crippen molar-refractivity contribution in [1.82, 2.24) is 0 Å².